The average molecular weight is 235 g/mol. The molecule has 1 N–H and O–H groups in total. The van der Waals surface area contributed by atoms with Gasteiger partial charge in [-0.15, -0.1) is 10.2 Å². The SMILES string of the molecule is Clc1ccccc1-c1nnc2n1CCNC2. The molecule has 0 spiro atoms. The predicted octanol–water partition coefficient (Wildman–Crippen LogP) is 1.70. The normalized spacial score (nSPS) is 14.8. The van der Waals surface area contributed by atoms with E-state index in [1.807, 2.05) is 24.3 Å². The molecule has 5 heteroatoms. The summed E-state index contributed by atoms with van der Waals surface area (Å²) in [4.78, 5) is 0. The first-order chi connectivity index (χ1) is 7.86. The summed E-state index contributed by atoms with van der Waals surface area (Å²) in [6.45, 7) is 2.61. The minimum atomic E-state index is 0.719. The molecule has 0 unspecified atom stereocenters. The molecule has 0 atom stereocenters. The largest absolute Gasteiger partial charge is 0.309 e. The van der Waals surface area contributed by atoms with Crippen LogP contribution in [0.1, 0.15) is 5.82 Å². The molecule has 1 aliphatic rings. The molecule has 0 radical (unpaired) electrons. The van der Waals surface area contributed by atoms with Crippen LogP contribution in [-0.2, 0) is 13.1 Å². The van der Waals surface area contributed by atoms with E-state index in [2.05, 4.69) is 20.1 Å². The quantitative estimate of drug-likeness (QED) is 0.817. The maximum Gasteiger partial charge on any atom is 0.165 e. The molecule has 1 aromatic heterocycles. The summed E-state index contributed by atoms with van der Waals surface area (Å²) in [5.74, 6) is 1.84. The Bertz CT molecular complexity index is 520. The Hall–Kier alpha value is -1.39. The molecule has 2 heterocycles. The Balaban J connectivity index is 2.13. The fraction of sp³-hybridized carbons (Fsp3) is 0.273. The Morgan fingerprint density at radius 1 is 1.25 bits per heavy atom. The monoisotopic (exact) mass is 234 g/mol. The van der Waals surface area contributed by atoms with E-state index in [1.54, 1.807) is 0 Å². The van der Waals surface area contributed by atoms with Gasteiger partial charge in [0.05, 0.1) is 11.6 Å². The zero-order chi connectivity index (χ0) is 11.0. The summed E-state index contributed by atoms with van der Waals surface area (Å²) in [6.07, 6.45) is 0. The van der Waals surface area contributed by atoms with Gasteiger partial charge in [0.25, 0.3) is 0 Å². The Labute approximate surface area is 98.3 Å². The summed E-state index contributed by atoms with van der Waals surface area (Å²) in [7, 11) is 0. The highest BCUT2D eigenvalue weighted by molar-refractivity contribution is 6.33. The second-order valence-electron chi connectivity index (χ2n) is 3.75. The molecule has 0 aliphatic carbocycles. The van der Waals surface area contributed by atoms with Gasteiger partial charge in [-0.1, -0.05) is 23.7 Å². The van der Waals surface area contributed by atoms with E-state index >= 15 is 0 Å². The highest BCUT2D eigenvalue weighted by atomic mass is 35.5. The molecule has 0 fully saturated rings. The summed E-state index contributed by atoms with van der Waals surface area (Å²) in [5, 5.41) is 12.4. The molecule has 0 bridgehead atoms. The highest BCUT2D eigenvalue weighted by Gasteiger charge is 2.17. The minimum Gasteiger partial charge on any atom is -0.309 e. The zero-order valence-electron chi connectivity index (χ0n) is 8.65. The number of benzene rings is 1. The van der Waals surface area contributed by atoms with E-state index in [4.69, 9.17) is 11.6 Å². The molecule has 3 rings (SSSR count). The Morgan fingerprint density at radius 2 is 2.12 bits per heavy atom. The third-order valence-corrected chi connectivity index (χ3v) is 3.07. The van der Waals surface area contributed by atoms with E-state index in [0.29, 0.717) is 0 Å². The van der Waals surface area contributed by atoms with Crippen molar-refractivity contribution < 1.29 is 0 Å². The number of aromatic nitrogens is 3. The average Bonchev–Trinajstić information content (AvgIpc) is 2.74. The molecule has 82 valence electrons. The number of hydrogen-bond donors (Lipinski definition) is 1. The molecule has 1 aliphatic heterocycles. The number of rotatable bonds is 1. The summed E-state index contributed by atoms with van der Waals surface area (Å²) in [6, 6.07) is 7.73. The van der Waals surface area contributed by atoms with E-state index in [1.165, 1.54) is 0 Å². The first kappa shape index (κ1) is 9.81. The van der Waals surface area contributed by atoms with Crippen molar-refractivity contribution in [3.8, 4) is 11.4 Å². The van der Waals surface area contributed by atoms with Crippen LogP contribution in [0.25, 0.3) is 11.4 Å². The number of nitrogens with zero attached hydrogens (tertiary/aromatic N) is 3. The molecule has 0 amide bonds. The van der Waals surface area contributed by atoms with E-state index in [0.717, 1.165) is 41.9 Å². The van der Waals surface area contributed by atoms with Gasteiger partial charge < -0.3 is 9.88 Å². The van der Waals surface area contributed by atoms with Crippen LogP contribution >= 0.6 is 11.6 Å². The fourth-order valence-corrected chi connectivity index (χ4v) is 2.15. The molecule has 16 heavy (non-hydrogen) atoms. The molecule has 1 aromatic carbocycles. The van der Waals surface area contributed by atoms with Crippen LogP contribution in [0, 0.1) is 0 Å². The number of fused-ring (bicyclic) bond motifs is 1. The van der Waals surface area contributed by atoms with Crippen molar-refractivity contribution in [2.24, 2.45) is 0 Å². The summed E-state index contributed by atoms with van der Waals surface area (Å²) >= 11 is 6.16. The third-order valence-electron chi connectivity index (χ3n) is 2.74. The molecule has 2 aromatic rings. The van der Waals surface area contributed by atoms with Gasteiger partial charge >= 0.3 is 0 Å². The van der Waals surface area contributed by atoms with Gasteiger partial charge in [0, 0.05) is 18.7 Å². The highest BCUT2D eigenvalue weighted by Crippen LogP contribution is 2.26. The standard InChI is InChI=1S/C11H11ClN4/c12-9-4-2-1-3-8(9)11-15-14-10-7-13-5-6-16(10)11/h1-4,13H,5-7H2. The smallest absolute Gasteiger partial charge is 0.165 e. The topological polar surface area (TPSA) is 42.7 Å². The van der Waals surface area contributed by atoms with Gasteiger partial charge in [-0.25, -0.2) is 0 Å². The molecule has 4 nitrogen and oxygen atoms in total. The lowest BCUT2D eigenvalue weighted by molar-refractivity contribution is 0.508. The van der Waals surface area contributed by atoms with Crippen LogP contribution in [-0.4, -0.2) is 21.3 Å². The Morgan fingerprint density at radius 3 is 3.00 bits per heavy atom. The van der Waals surface area contributed by atoms with Gasteiger partial charge in [0.15, 0.2) is 5.82 Å². The lowest BCUT2D eigenvalue weighted by atomic mass is 10.2. The van der Waals surface area contributed by atoms with E-state index in [-0.39, 0.29) is 0 Å². The van der Waals surface area contributed by atoms with Gasteiger partial charge in [0.1, 0.15) is 5.82 Å². The number of hydrogen-bond acceptors (Lipinski definition) is 3. The van der Waals surface area contributed by atoms with E-state index < -0.39 is 0 Å². The number of halogens is 1. The molecule has 0 saturated carbocycles. The van der Waals surface area contributed by atoms with Crippen LogP contribution in [0.2, 0.25) is 5.02 Å². The van der Waals surface area contributed by atoms with E-state index in [9.17, 15) is 0 Å². The minimum absolute atomic E-state index is 0.719. The predicted molar refractivity (Wildman–Crippen MR) is 62.2 cm³/mol. The van der Waals surface area contributed by atoms with Gasteiger partial charge in [-0.05, 0) is 12.1 Å². The van der Waals surface area contributed by atoms with Crippen molar-refractivity contribution in [3.05, 3.63) is 35.1 Å². The second-order valence-corrected chi connectivity index (χ2v) is 4.16. The van der Waals surface area contributed by atoms with Crippen molar-refractivity contribution in [2.75, 3.05) is 6.54 Å². The maximum absolute atomic E-state index is 6.16. The maximum atomic E-state index is 6.16. The van der Waals surface area contributed by atoms with Crippen molar-refractivity contribution >= 4 is 11.6 Å². The van der Waals surface area contributed by atoms with Gasteiger partial charge in [-0.3, -0.25) is 0 Å². The van der Waals surface area contributed by atoms with Crippen LogP contribution in [0.4, 0.5) is 0 Å². The van der Waals surface area contributed by atoms with Crippen molar-refractivity contribution in [2.45, 2.75) is 13.1 Å². The number of nitrogens with one attached hydrogen (secondary N) is 1. The fourth-order valence-electron chi connectivity index (χ4n) is 1.93. The lowest BCUT2D eigenvalue weighted by Gasteiger charge is -2.16. The molecular formula is C11H11ClN4. The third kappa shape index (κ3) is 1.50. The Kier molecular flexibility index (Phi) is 2.38. The summed E-state index contributed by atoms with van der Waals surface area (Å²) in [5.41, 5.74) is 0.949. The van der Waals surface area contributed by atoms with Crippen molar-refractivity contribution in [1.82, 2.24) is 20.1 Å². The first-order valence-electron chi connectivity index (χ1n) is 5.24. The van der Waals surface area contributed by atoms with Crippen LogP contribution < -0.4 is 5.32 Å². The van der Waals surface area contributed by atoms with Gasteiger partial charge in [-0.2, -0.15) is 0 Å². The van der Waals surface area contributed by atoms with Crippen molar-refractivity contribution in [3.63, 3.8) is 0 Å². The second kappa shape index (κ2) is 3.88. The van der Waals surface area contributed by atoms with Crippen LogP contribution in [0.5, 0.6) is 0 Å². The van der Waals surface area contributed by atoms with Crippen molar-refractivity contribution in [1.29, 1.82) is 0 Å². The zero-order valence-corrected chi connectivity index (χ0v) is 9.41. The van der Waals surface area contributed by atoms with Crippen LogP contribution in [0.15, 0.2) is 24.3 Å². The lowest BCUT2D eigenvalue weighted by Crippen LogP contribution is -2.28. The van der Waals surface area contributed by atoms with Crippen LogP contribution in [0.3, 0.4) is 0 Å². The summed E-state index contributed by atoms with van der Waals surface area (Å²) < 4.78 is 2.12. The first-order valence-corrected chi connectivity index (χ1v) is 5.62. The molecular weight excluding hydrogens is 224 g/mol. The van der Waals surface area contributed by atoms with Gasteiger partial charge in [0.2, 0.25) is 0 Å². The molecule has 0 saturated heterocycles.